The van der Waals surface area contributed by atoms with Gasteiger partial charge in [0, 0.05) is 0 Å². The number of benzene rings is 1. The summed E-state index contributed by atoms with van der Waals surface area (Å²) < 4.78 is 0. The summed E-state index contributed by atoms with van der Waals surface area (Å²) in [6, 6.07) is 5.81. The second kappa shape index (κ2) is 9.47. The van der Waals surface area contributed by atoms with Gasteiger partial charge in [-0.15, -0.1) is 6.58 Å². The van der Waals surface area contributed by atoms with Crippen LogP contribution in [0.1, 0.15) is 64.5 Å². The van der Waals surface area contributed by atoms with Gasteiger partial charge in [0.05, 0.1) is 5.60 Å². The first kappa shape index (κ1) is 20.5. The molecule has 1 aromatic rings. The quantitative estimate of drug-likeness (QED) is 0.706. The fourth-order valence-electron chi connectivity index (χ4n) is 1.90. The molecule has 1 rings (SSSR count). The maximum atomic E-state index is 9.49. The summed E-state index contributed by atoms with van der Waals surface area (Å²) in [4.78, 5) is 0. The van der Waals surface area contributed by atoms with Crippen molar-refractivity contribution in [1.82, 2.24) is 0 Å². The number of hydrogen-bond donors (Lipinski definition) is 2. The Morgan fingerprint density at radius 3 is 2.32 bits per heavy atom. The van der Waals surface area contributed by atoms with Gasteiger partial charge >= 0.3 is 0 Å². The molecule has 124 valence electrons. The predicted molar refractivity (Wildman–Crippen MR) is 96.4 cm³/mol. The molecule has 0 aliphatic heterocycles. The molecule has 1 atom stereocenters. The van der Waals surface area contributed by atoms with E-state index in [0.717, 1.165) is 24.0 Å². The summed E-state index contributed by atoms with van der Waals surface area (Å²) >= 11 is 0. The van der Waals surface area contributed by atoms with Crippen LogP contribution in [0.5, 0.6) is 5.75 Å². The molecule has 2 heteroatoms. The van der Waals surface area contributed by atoms with E-state index in [1.165, 1.54) is 5.57 Å². The number of phenolic OH excluding ortho intramolecular Hbond substituents is 1. The molecule has 0 saturated carbocycles. The maximum Gasteiger partial charge on any atom is 0.119 e. The van der Waals surface area contributed by atoms with Crippen molar-refractivity contribution in [3.8, 4) is 5.75 Å². The van der Waals surface area contributed by atoms with Crippen molar-refractivity contribution in [3.05, 3.63) is 53.6 Å². The number of aryl methyl sites for hydroxylation is 1. The van der Waals surface area contributed by atoms with E-state index in [0.29, 0.717) is 11.7 Å². The van der Waals surface area contributed by atoms with Gasteiger partial charge in [-0.1, -0.05) is 43.7 Å². The van der Waals surface area contributed by atoms with Gasteiger partial charge in [-0.05, 0) is 63.6 Å². The number of allylic oxidation sites excluding steroid dienone is 2. The minimum absolute atomic E-state index is 0.399. The Bertz CT molecular complexity index is 492. The molecule has 22 heavy (non-hydrogen) atoms. The zero-order valence-corrected chi connectivity index (χ0v) is 15.0. The molecule has 0 radical (unpaired) electrons. The van der Waals surface area contributed by atoms with Crippen LogP contribution in [0.3, 0.4) is 0 Å². The van der Waals surface area contributed by atoms with Gasteiger partial charge in [0.15, 0.2) is 0 Å². The number of phenols is 1. The zero-order chi connectivity index (χ0) is 17.3. The monoisotopic (exact) mass is 304 g/mol. The second-order valence-corrected chi connectivity index (χ2v) is 6.60. The second-order valence-electron chi connectivity index (χ2n) is 6.60. The molecule has 2 nitrogen and oxygen atoms in total. The lowest BCUT2D eigenvalue weighted by Crippen LogP contribution is -2.19. The van der Waals surface area contributed by atoms with Gasteiger partial charge in [-0.2, -0.15) is 0 Å². The lowest BCUT2D eigenvalue weighted by Gasteiger charge is -2.16. The standard InChI is InChI=1S/C10H14O.C10H18O/c1-7(2)9-5-4-8(3)6-10(9)11;1-5-10(4,11)8-6-7-9(2)3/h4-7,11H,1-3H3;5,7,11H,1,6,8H2,2-4H3. The van der Waals surface area contributed by atoms with Crippen molar-refractivity contribution < 1.29 is 10.2 Å². The topological polar surface area (TPSA) is 40.5 Å². The smallest absolute Gasteiger partial charge is 0.119 e. The van der Waals surface area contributed by atoms with Gasteiger partial charge in [0.25, 0.3) is 0 Å². The SMILES string of the molecule is C=CC(C)(O)CCC=C(C)C.Cc1ccc(C(C)C)c(O)c1. The van der Waals surface area contributed by atoms with E-state index in [1.807, 2.05) is 19.1 Å². The molecule has 0 heterocycles. The van der Waals surface area contributed by atoms with Crippen LogP contribution in [0, 0.1) is 6.92 Å². The third-order valence-corrected chi connectivity index (χ3v) is 3.45. The fourth-order valence-corrected chi connectivity index (χ4v) is 1.90. The average Bonchev–Trinajstić information content (AvgIpc) is 2.38. The highest BCUT2D eigenvalue weighted by molar-refractivity contribution is 5.37. The van der Waals surface area contributed by atoms with E-state index in [1.54, 1.807) is 19.1 Å². The number of hydrogen-bond acceptors (Lipinski definition) is 2. The van der Waals surface area contributed by atoms with Gasteiger partial charge in [-0.3, -0.25) is 0 Å². The molecule has 0 aromatic heterocycles. The summed E-state index contributed by atoms with van der Waals surface area (Å²) in [7, 11) is 0. The van der Waals surface area contributed by atoms with Crippen LogP contribution in [0.2, 0.25) is 0 Å². The molecule has 0 bridgehead atoms. The van der Waals surface area contributed by atoms with E-state index >= 15 is 0 Å². The Morgan fingerprint density at radius 1 is 1.32 bits per heavy atom. The van der Waals surface area contributed by atoms with Crippen LogP contribution >= 0.6 is 0 Å². The Balaban J connectivity index is 0.000000401. The first-order chi connectivity index (χ1) is 10.1. The molecular weight excluding hydrogens is 272 g/mol. The van der Waals surface area contributed by atoms with Gasteiger partial charge in [0.1, 0.15) is 5.75 Å². The molecule has 0 aliphatic carbocycles. The van der Waals surface area contributed by atoms with E-state index in [-0.39, 0.29) is 0 Å². The van der Waals surface area contributed by atoms with Crippen molar-refractivity contribution in [2.45, 2.75) is 65.9 Å². The molecular formula is C20H32O2. The minimum atomic E-state index is -0.702. The van der Waals surface area contributed by atoms with Gasteiger partial charge < -0.3 is 10.2 Å². The van der Waals surface area contributed by atoms with E-state index in [9.17, 15) is 10.2 Å². The minimum Gasteiger partial charge on any atom is -0.508 e. The molecule has 2 N–H and O–H groups in total. The van der Waals surface area contributed by atoms with Crippen LogP contribution in [-0.4, -0.2) is 15.8 Å². The first-order valence-corrected chi connectivity index (χ1v) is 7.88. The van der Waals surface area contributed by atoms with Crippen molar-refractivity contribution >= 4 is 0 Å². The molecule has 1 unspecified atom stereocenters. The van der Waals surface area contributed by atoms with Gasteiger partial charge in [0.2, 0.25) is 0 Å². The van der Waals surface area contributed by atoms with E-state index in [4.69, 9.17) is 0 Å². The third-order valence-electron chi connectivity index (χ3n) is 3.45. The van der Waals surface area contributed by atoms with Crippen molar-refractivity contribution in [1.29, 1.82) is 0 Å². The van der Waals surface area contributed by atoms with Gasteiger partial charge in [-0.25, -0.2) is 0 Å². The summed E-state index contributed by atoms with van der Waals surface area (Å²) in [6.45, 7) is 15.6. The van der Waals surface area contributed by atoms with Crippen molar-refractivity contribution in [2.24, 2.45) is 0 Å². The normalized spacial score (nSPS) is 12.9. The third kappa shape index (κ3) is 8.68. The van der Waals surface area contributed by atoms with Crippen molar-refractivity contribution in [3.63, 3.8) is 0 Å². The summed E-state index contributed by atoms with van der Waals surface area (Å²) in [5.41, 5.74) is 2.72. The first-order valence-electron chi connectivity index (χ1n) is 7.88. The zero-order valence-electron chi connectivity index (χ0n) is 15.0. The highest BCUT2D eigenvalue weighted by atomic mass is 16.3. The number of aliphatic hydroxyl groups is 1. The lowest BCUT2D eigenvalue weighted by molar-refractivity contribution is 0.103. The van der Waals surface area contributed by atoms with Crippen molar-refractivity contribution in [2.75, 3.05) is 0 Å². The summed E-state index contributed by atoms with van der Waals surface area (Å²) in [6.07, 6.45) is 5.38. The molecule has 1 aromatic carbocycles. The number of aromatic hydroxyl groups is 1. The van der Waals surface area contributed by atoms with Crippen LogP contribution in [0.15, 0.2) is 42.5 Å². The molecule has 0 saturated heterocycles. The Morgan fingerprint density at radius 2 is 1.91 bits per heavy atom. The molecule has 0 aliphatic rings. The Hall–Kier alpha value is -1.54. The summed E-state index contributed by atoms with van der Waals surface area (Å²) in [5.74, 6) is 0.815. The maximum absolute atomic E-state index is 9.49. The number of rotatable bonds is 5. The molecule has 0 amide bonds. The van der Waals surface area contributed by atoms with Crippen LogP contribution < -0.4 is 0 Å². The largest absolute Gasteiger partial charge is 0.508 e. The lowest BCUT2D eigenvalue weighted by atomic mass is 10.00. The van der Waals surface area contributed by atoms with E-state index < -0.39 is 5.60 Å². The Kier molecular flexibility index (Phi) is 8.81. The average molecular weight is 304 g/mol. The van der Waals surface area contributed by atoms with Crippen LogP contribution in [-0.2, 0) is 0 Å². The molecule has 0 fully saturated rings. The van der Waals surface area contributed by atoms with Crippen LogP contribution in [0.25, 0.3) is 0 Å². The highest BCUT2D eigenvalue weighted by Crippen LogP contribution is 2.25. The predicted octanol–water partition coefficient (Wildman–Crippen LogP) is 5.49. The highest BCUT2D eigenvalue weighted by Gasteiger charge is 2.12. The van der Waals surface area contributed by atoms with Crippen LogP contribution in [0.4, 0.5) is 0 Å². The van der Waals surface area contributed by atoms with E-state index in [2.05, 4.69) is 40.3 Å². The molecule has 0 spiro atoms. The Labute approximate surface area is 136 Å². The summed E-state index contributed by atoms with van der Waals surface area (Å²) in [5, 5.41) is 19.0. The fraction of sp³-hybridized carbons (Fsp3) is 0.500.